The molecule has 1 saturated heterocycles. The number of benzene rings is 2. The smallest absolute Gasteiger partial charge is 0.255 e. The summed E-state index contributed by atoms with van der Waals surface area (Å²) in [6.07, 6.45) is 1.44. The van der Waals surface area contributed by atoms with E-state index in [1.54, 1.807) is 19.0 Å². The molecule has 1 N–H and O–H groups in total. The molecule has 0 saturated carbocycles. The predicted octanol–water partition coefficient (Wildman–Crippen LogP) is 3.99. The summed E-state index contributed by atoms with van der Waals surface area (Å²) in [4.78, 5) is 28.8. The van der Waals surface area contributed by atoms with Gasteiger partial charge in [-0.2, -0.15) is 0 Å². The Morgan fingerprint density at radius 2 is 1.61 bits per heavy atom. The maximum atomic E-state index is 13.2. The van der Waals surface area contributed by atoms with Crippen LogP contribution in [0.4, 0.5) is 11.4 Å². The van der Waals surface area contributed by atoms with Crippen LogP contribution in [0.15, 0.2) is 42.5 Å². The zero-order valence-electron chi connectivity index (χ0n) is 17.2. The molecule has 1 heterocycles. The number of amides is 2. The summed E-state index contributed by atoms with van der Waals surface area (Å²) in [7, 11) is 3.57. The average molecular weight is 380 g/mol. The highest BCUT2D eigenvalue weighted by Crippen LogP contribution is 2.27. The van der Waals surface area contributed by atoms with Crippen molar-refractivity contribution in [3.63, 3.8) is 0 Å². The van der Waals surface area contributed by atoms with Gasteiger partial charge in [0.1, 0.15) is 0 Å². The Morgan fingerprint density at radius 3 is 2.29 bits per heavy atom. The number of aryl methyl sites for hydroxylation is 1. The van der Waals surface area contributed by atoms with E-state index in [0.717, 1.165) is 24.2 Å². The van der Waals surface area contributed by atoms with E-state index >= 15 is 0 Å². The summed E-state index contributed by atoms with van der Waals surface area (Å²) in [5.41, 5.74) is 4.87. The largest absolute Gasteiger partial charge is 0.355 e. The van der Waals surface area contributed by atoms with E-state index < -0.39 is 0 Å². The number of para-hydroxylation sites is 1. The van der Waals surface area contributed by atoms with E-state index in [2.05, 4.69) is 25.2 Å². The maximum Gasteiger partial charge on any atom is 0.255 e. The molecule has 0 bridgehead atoms. The number of hydrogen-bond acceptors (Lipinski definition) is 3. The van der Waals surface area contributed by atoms with Gasteiger partial charge in [-0.3, -0.25) is 9.59 Å². The quantitative estimate of drug-likeness (QED) is 0.874. The molecule has 2 aromatic rings. The topological polar surface area (TPSA) is 52.7 Å². The van der Waals surface area contributed by atoms with Gasteiger partial charge in [-0.1, -0.05) is 24.3 Å². The summed E-state index contributed by atoms with van der Waals surface area (Å²) in [5.74, 6) is 0.190. The van der Waals surface area contributed by atoms with Crippen molar-refractivity contribution < 1.29 is 9.59 Å². The van der Waals surface area contributed by atoms with Gasteiger partial charge < -0.3 is 15.1 Å². The van der Waals surface area contributed by atoms with Crippen molar-refractivity contribution in [2.24, 2.45) is 5.92 Å². The van der Waals surface area contributed by atoms with Crippen LogP contribution in [0.1, 0.15) is 34.3 Å². The summed E-state index contributed by atoms with van der Waals surface area (Å²) in [6.45, 7) is 5.38. The molecule has 1 aliphatic rings. The van der Waals surface area contributed by atoms with Crippen LogP contribution in [0.25, 0.3) is 0 Å². The Kier molecular flexibility index (Phi) is 6.02. The van der Waals surface area contributed by atoms with Crippen molar-refractivity contribution in [3.05, 3.63) is 59.2 Å². The molecule has 3 rings (SSSR count). The fraction of sp³-hybridized carbons (Fsp3) is 0.391. The lowest BCUT2D eigenvalue weighted by molar-refractivity contribution is -0.134. The van der Waals surface area contributed by atoms with Gasteiger partial charge in [0, 0.05) is 38.8 Å². The van der Waals surface area contributed by atoms with Crippen molar-refractivity contribution in [2.45, 2.75) is 26.7 Å². The molecular formula is C23H29N3O2. The number of hydrogen-bond donors (Lipinski definition) is 1. The fourth-order valence-electron chi connectivity index (χ4n) is 3.68. The third kappa shape index (κ3) is 4.19. The third-order valence-corrected chi connectivity index (χ3v) is 5.60. The van der Waals surface area contributed by atoms with Crippen molar-refractivity contribution >= 4 is 23.2 Å². The lowest BCUT2D eigenvalue weighted by Gasteiger charge is -2.33. The van der Waals surface area contributed by atoms with Crippen LogP contribution >= 0.6 is 0 Å². The minimum atomic E-state index is 0.0161. The lowest BCUT2D eigenvalue weighted by atomic mass is 9.95. The summed E-state index contributed by atoms with van der Waals surface area (Å²) in [6, 6.07) is 13.8. The van der Waals surface area contributed by atoms with Crippen molar-refractivity contribution in [1.82, 2.24) is 9.80 Å². The molecule has 2 aromatic carbocycles. The minimum Gasteiger partial charge on any atom is -0.355 e. The molecule has 28 heavy (non-hydrogen) atoms. The Bertz CT molecular complexity index is 868. The normalized spacial score (nSPS) is 14.6. The number of piperidine rings is 1. The molecule has 5 nitrogen and oxygen atoms in total. The molecule has 5 heteroatoms. The van der Waals surface area contributed by atoms with Crippen molar-refractivity contribution in [3.8, 4) is 0 Å². The SMILES string of the molecule is Cc1cccc(Nc2ccccc2C(=O)N2CCC(C(=O)N(C)C)CC2)c1C. The molecule has 2 amide bonds. The van der Waals surface area contributed by atoms with Gasteiger partial charge in [0.25, 0.3) is 5.91 Å². The van der Waals surface area contributed by atoms with Gasteiger partial charge in [0.2, 0.25) is 5.91 Å². The Hall–Kier alpha value is -2.82. The molecule has 0 unspecified atom stereocenters. The highest BCUT2D eigenvalue weighted by atomic mass is 16.2. The van der Waals surface area contributed by atoms with E-state index in [1.807, 2.05) is 41.3 Å². The van der Waals surface area contributed by atoms with Crippen LogP contribution < -0.4 is 5.32 Å². The third-order valence-electron chi connectivity index (χ3n) is 5.60. The zero-order chi connectivity index (χ0) is 20.3. The number of nitrogens with one attached hydrogen (secondary N) is 1. The highest BCUT2D eigenvalue weighted by Gasteiger charge is 2.29. The van der Waals surface area contributed by atoms with Gasteiger partial charge in [-0.25, -0.2) is 0 Å². The number of likely N-dealkylation sites (tertiary alicyclic amines) is 1. The van der Waals surface area contributed by atoms with Crippen LogP contribution in [-0.4, -0.2) is 48.8 Å². The first-order chi connectivity index (χ1) is 13.4. The Labute approximate surface area is 167 Å². The molecule has 0 atom stereocenters. The number of carbonyl (C=O) groups is 2. The van der Waals surface area contributed by atoms with Crippen molar-refractivity contribution in [2.75, 3.05) is 32.5 Å². The minimum absolute atomic E-state index is 0.0161. The van der Waals surface area contributed by atoms with E-state index in [9.17, 15) is 9.59 Å². The first-order valence-corrected chi connectivity index (χ1v) is 9.81. The van der Waals surface area contributed by atoms with Crippen LogP contribution in [0.5, 0.6) is 0 Å². The van der Waals surface area contributed by atoms with Gasteiger partial charge in [-0.15, -0.1) is 0 Å². The first-order valence-electron chi connectivity index (χ1n) is 9.81. The number of rotatable bonds is 4. The predicted molar refractivity (Wildman–Crippen MR) is 113 cm³/mol. The van der Waals surface area contributed by atoms with E-state index in [-0.39, 0.29) is 17.7 Å². The fourth-order valence-corrected chi connectivity index (χ4v) is 3.68. The highest BCUT2D eigenvalue weighted by molar-refractivity contribution is 6.00. The Morgan fingerprint density at radius 1 is 0.964 bits per heavy atom. The number of carbonyl (C=O) groups excluding carboxylic acids is 2. The summed E-state index contributed by atoms with van der Waals surface area (Å²) in [5, 5.41) is 3.44. The van der Waals surface area contributed by atoms with Crippen LogP contribution in [0.3, 0.4) is 0 Å². The second-order valence-electron chi connectivity index (χ2n) is 7.72. The second-order valence-corrected chi connectivity index (χ2v) is 7.72. The lowest BCUT2D eigenvalue weighted by Crippen LogP contribution is -2.42. The number of nitrogens with zero attached hydrogens (tertiary/aromatic N) is 2. The number of anilines is 2. The first kappa shape index (κ1) is 19.9. The monoisotopic (exact) mass is 379 g/mol. The summed E-state index contributed by atoms with van der Waals surface area (Å²) < 4.78 is 0. The Balaban J connectivity index is 1.75. The molecule has 0 spiro atoms. The van der Waals surface area contributed by atoms with Crippen molar-refractivity contribution in [1.29, 1.82) is 0 Å². The summed E-state index contributed by atoms with van der Waals surface area (Å²) >= 11 is 0. The van der Waals surface area contributed by atoms with Crippen LogP contribution in [0, 0.1) is 19.8 Å². The second kappa shape index (κ2) is 8.46. The molecule has 148 valence electrons. The zero-order valence-corrected chi connectivity index (χ0v) is 17.2. The van der Waals surface area contributed by atoms with E-state index in [4.69, 9.17) is 0 Å². The van der Waals surface area contributed by atoms with Gasteiger partial charge >= 0.3 is 0 Å². The van der Waals surface area contributed by atoms with Crippen LogP contribution in [0.2, 0.25) is 0 Å². The molecule has 1 fully saturated rings. The van der Waals surface area contributed by atoms with Gasteiger partial charge in [0.05, 0.1) is 11.3 Å². The average Bonchev–Trinajstić information content (AvgIpc) is 2.71. The van der Waals surface area contributed by atoms with Gasteiger partial charge in [0.15, 0.2) is 0 Å². The molecule has 0 aromatic heterocycles. The standard InChI is InChI=1S/C23H29N3O2/c1-16-8-7-11-20(17(16)2)24-21-10-6-5-9-19(21)23(28)26-14-12-18(13-15-26)22(27)25(3)4/h5-11,18,24H,12-15H2,1-4H3. The molecular weight excluding hydrogens is 350 g/mol. The van der Waals surface area contributed by atoms with Gasteiger partial charge in [-0.05, 0) is 56.0 Å². The van der Waals surface area contributed by atoms with E-state index in [1.165, 1.54) is 11.1 Å². The molecule has 1 aliphatic heterocycles. The molecule has 0 aliphatic carbocycles. The maximum absolute atomic E-state index is 13.2. The van der Waals surface area contributed by atoms with Crippen LogP contribution in [-0.2, 0) is 4.79 Å². The molecule has 0 radical (unpaired) electrons. The van der Waals surface area contributed by atoms with E-state index in [0.29, 0.717) is 18.7 Å².